The van der Waals surface area contributed by atoms with Crippen LogP contribution < -0.4 is 11.3 Å². The molecule has 1 aromatic heterocycles. The van der Waals surface area contributed by atoms with Crippen LogP contribution >= 0.6 is 0 Å². The highest BCUT2D eigenvalue weighted by Crippen LogP contribution is 2.15. The fourth-order valence-corrected chi connectivity index (χ4v) is 2.26. The minimum absolute atomic E-state index is 0.0247. The van der Waals surface area contributed by atoms with Gasteiger partial charge in [0.2, 0.25) is 0 Å². The summed E-state index contributed by atoms with van der Waals surface area (Å²) in [5.74, 6) is -0.0525. The van der Waals surface area contributed by atoms with Crippen LogP contribution in [0, 0.1) is 0 Å². The van der Waals surface area contributed by atoms with E-state index in [1.165, 1.54) is 4.57 Å². The van der Waals surface area contributed by atoms with Gasteiger partial charge in [0, 0.05) is 5.92 Å². The Bertz CT molecular complexity index is 696. The highest BCUT2D eigenvalue weighted by Gasteiger charge is 2.17. The highest BCUT2D eigenvalue weighted by molar-refractivity contribution is 5.19. The van der Waals surface area contributed by atoms with Crippen molar-refractivity contribution in [1.29, 1.82) is 0 Å². The number of benzene rings is 1. The van der Waals surface area contributed by atoms with Gasteiger partial charge in [0.05, 0.1) is 12.1 Å². The van der Waals surface area contributed by atoms with Crippen molar-refractivity contribution in [2.75, 3.05) is 0 Å². The summed E-state index contributed by atoms with van der Waals surface area (Å²) < 4.78 is 6.52. The van der Waals surface area contributed by atoms with Crippen LogP contribution in [-0.2, 0) is 13.0 Å². The third-order valence-electron chi connectivity index (χ3n) is 3.28. The Kier molecular flexibility index (Phi) is 4.23. The zero-order valence-electron chi connectivity index (χ0n) is 12.1. The topological polar surface area (TPSA) is 52.2 Å². The second kappa shape index (κ2) is 5.90. The summed E-state index contributed by atoms with van der Waals surface area (Å²) in [4.78, 5) is 24.5. The van der Waals surface area contributed by atoms with E-state index in [9.17, 15) is 9.59 Å². The summed E-state index contributed by atoms with van der Waals surface area (Å²) in [5.41, 5.74) is 1.26. The monoisotopic (exact) mass is 273 g/mol. The molecule has 20 heavy (non-hydrogen) atoms. The average Bonchev–Trinajstić information content (AvgIpc) is 2.44. The number of rotatable bonds is 4. The Balaban J connectivity index is 2.55. The lowest BCUT2D eigenvalue weighted by atomic mass is 10.0. The van der Waals surface area contributed by atoms with Crippen LogP contribution in [0.3, 0.4) is 0 Å². The molecule has 2 aromatic rings. The molecule has 0 unspecified atom stereocenters. The van der Waals surface area contributed by atoms with Crippen molar-refractivity contribution in [3.8, 4) is 0 Å². The first-order chi connectivity index (χ1) is 9.54. The summed E-state index contributed by atoms with van der Waals surface area (Å²) in [6, 6.07) is 9.42. The minimum atomic E-state index is -0.584. The van der Waals surface area contributed by atoms with Crippen LogP contribution in [0.5, 0.6) is 0 Å². The summed E-state index contributed by atoms with van der Waals surface area (Å²) in [5, 5.41) is 0. The molecule has 0 bridgehead atoms. The summed E-state index contributed by atoms with van der Waals surface area (Å²) in [6.45, 7) is 5.97. The molecule has 0 amide bonds. The summed E-state index contributed by atoms with van der Waals surface area (Å²) in [7, 11) is 0. The van der Waals surface area contributed by atoms with E-state index >= 15 is 0 Å². The first-order valence-corrected chi connectivity index (χ1v) is 6.85. The molecular weight excluding hydrogens is 254 g/mol. The minimum Gasteiger partial charge on any atom is -0.414 e. The van der Waals surface area contributed by atoms with Gasteiger partial charge in [0.25, 0.3) is 5.56 Å². The quantitative estimate of drug-likeness (QED) is 0.860. The van der Waals surface area contributed by atoms with E-state index in [4.69, 9.17) is 4.42 Å². The van der Waals surface area contributed by atoms with Gasteiger partial charge in [-0.05, 0) is 12.0 Å². The van der Waals surface area contributed by atoms with Crippen LogP contribution in [0.4, 0.5) is 0 Å². The van der Waals surface area contributed by atoms with Gasteiger partial charge >= 0.3 is 5.76 Å². The van der Waals surface area contributed by atoms with Crippen molar-refractivity contribution in [1.82, 2.24) is 4.57 Å². The van der Waals surface area contributed by atoms with E-state index in [1.54, 1.807) is 0 Å². The normalized spacial score (nSPS) is 11.0. The van der Waals surface area contributed by atoms with E-state index in [-0.39, 0.29) is 18.0 Å². The maximum atomic E-state index is 12.5. The Labute approximate surface area is 117 Å². The van der Waals surface area contributed by atoms with E-state index in [2.05, 4.69) is 0 Å². The Morgan fingerprint density at radius 1 is 1.15 bits per heavy atom. The van der Waals surface area contributed by atoms with Gasteiger partial charge in [0.1, 0.15) is 5.76 Å². The van der Waals surface area contributed by atoms with Gasteiger partial charge in [-0.1, -0.05) is 51.1 Å². The van der Waals surface area contributed by atoms with E-state index in [0.717, 1.165) is 5.56 Å². The number of hydrogen-bond acceptors (Lipinski definition) is 3. The van der Waals surface area contributed by atoms with Gasteiger partial charge in [0.15, 0.2) is 0 Å². The summed E-state index contributed by atoms with van der Waals surface area (Å²) >= 11 is 0. The second-order valence-electron chi connectivity index (χ2n) is 5.10. The molecule has 1 aromatic carbocycles. The van der Waals surface area contributed by atoms with Crippen LogP contribution in [0.1, 0.15) is 43.6 Å². The maximum Gasteiger partial charge on any atom is 0.422 e. The molecule has 1 heterocycles. The molecule has 0 spiro atoms. The van der Waals surface area contributed by atoms with Gasteiger partial charge in [-0.3, -0.25) is 4.79 Å². The lowest BCUT2D eigenvalue weighted by molar-refractivity contribution is 0.374. The standard InChI is InChI=1S/C16H19NO3/c1-4-13-14(11(2)3)20-16(19)17(15(13)18)10-12-8-6-5-7-9-12/h5-9,11H,4,10H2,1-3H3. The van der Waals surface area contributed by atoms with Gasteiger partial charge in [-0.15, -0.1) is 0 Å². The van der Waals surface area contributed by atoms with Crippen molar-refractivity contribution in [2.45, 2.75) is 39.7 Å². The lowest BCUT2D eigenvalue weighted by Gasteiger charge is -2.12. The van der Waals surface area contributed by atoms with Crippen molar-refractivity contribution in [3.05, 3.63) is 68.1 Å². The zero-order valence-corrected chi connectivity index (χ0v) is 12.1. The van der Waals surface area contributed by atoms with Crippen molar-refractivity contribution < 1.29 is 4.42 Å². The fourth-order valence-electron chi connectivity index (χ4n) is 2.26. The molecule has 0 N–H and O–H groups in total. The summed E-state index contributed by atoms with van der Waals surface area (Å²) in [6.07, 6.45) is 0.560. The molecule has 4 heteroatoms. The molecule has 0 atom stereocenters. The van der Waals surface area contributed by atoms with Gasteiger partial charge in [-0.2, -0.15) is 0 Å². The predicted molar refractivity (Wildman–Crippen MR) is 78.2 cm³/mol. The van der Waals surface area contributed by atoms with E-state index in [0.29, 0.717) is 17.7 Å². The van der Waals surface area contributed by atoms with Crippen molar-refractivity contribution >= 4 is 0 Å². The molecule has 106 valence electrons. The smallest absolute Gasteiger partial charge is 0.414 e. The molecule has 2 rings (SSSR count). The Hall–Kier alpha value is -2.10. The van der Waals surface area contributed by atoms with E-state index < -0.39 is 5.76 Å². The first kappa shape index (κ1) is 14.3. The van der Waals surface area contributed by atoms with Gasteiger partial charge in [-0.25, -0.2) is 9.36 Å². The molecule has 0 saturated heterocycles. The SMILES string of the molecule is CCc1c(C(C)C)oc(=O)n(Cc2ccccc2)c1=O. The molecule has 0 aliphatic carbocycles. The molecular formula is C16H19NO3. The lowest BCUT2D eigenvalue weighted by Crippen LogP contribution is -2.36. The molecule has 0 fully saturated rings. The van der Waals surface area contributed by atoms with Crippen molar-refractivity contribution in [3.63, 3.8) is 0 Å². The number of aromatic nitrogens is 1. The molecule has 0 saturated carbocycles. The third-order valence-corrected chi connectivity index (χ3v) is 3.28. The second-order valence-corrected chi connectivity index (χ2v) is 5.10. The van der Waals surface area contributed by atoms with E-state index in [1.807, 2.05) is 51.1 Å². The third kappa shape index (κ3) is 2.74. The highest BCUT2D eigenvalue weighted by atomic mass is 16.4. The van der Waals surface area contributed by atoms with Crippen LogP contribution in [0.15, 0.2) is 44.3 Å². The number of hydrogen-bond donors (Lipinski definition) is 0. The molecule has 0 aliphatic rings. The maximum absolute atomic E-state index is 12.5. The fraction of sp³-hybridized carbons (Fsp3) is 0.375. The van der Waals surface area contributed by atoms with Gasteiger partial charge < -0.3 is 4.42 Å². The van der Waals surface area contributed by atoms with Crippen LogP contribution in [-0.4, -0.2) is 4.57 Å². The molecule has 4 nitrogen and oxygen atoms in total. The Morgan fingerprint density at radius 2 is 1.80 bits per heavy atom. The number of nitrogens with zero attached hydrogens (tertiary/aromatic N) is 1. The Morgan fingerprint density at radius 3 is 2.35 bits per heavy atom. The first-order valence-electron chi connectivity index (χ1n) is 6.85. The molecule has 0 aliphatic heterocycles. The van der Waals surface area contributed by atoms with Crippen LogP contribution in [0.25, 0.3) is 0 Å². The largest absolute Gasteiger partial charge is 0.422 e. The van der Waals surface area contributed by atoms with Crippen LogP contribution in [0.2, 0.25) is 0 Å². The molecule has 0 radical (unpaired) electrons. The predicted octanol–water partition coefficient (Wildman–Crippen LogP) is 2.54. The van der Waals surface area contributed by atoms with Crippen molar-refractivity contribution in [2.24, 2.45) is 0 Å². The zero-order chi connectivity index (χ0) is 14.7. The average molecular weight is 273 g/mol.